The van der Waals surface area contributed by atoms with Gasteiger partial charge in [0.15, 0.2) is 0 Å². The molecule has 0 aliphatic rings. The molecule has 0 aliphatic carbocycles. The third-order valence-electron chi connectivity index (χ3n) is 3.70. The Morgan fingerprint density at radius 2 is 1.48 bits per heavy atom. The Kier molecular flexibility index (Phi) is 5.94. The van der Waals surface area contributed by atoms with Crippen molar-refractivity contribution in [3.8, 4) is 17.2 Å². The highest BCUT2D eigenvalue weighted by Gasteiger charge is 2.00. The average Bonchev–Trinajstić information content (AvgIpc) is 2.67. The Balaban J connectivity index is 1.55. The van der Waals surface area contributed by atoms with Crippen LogP contribution in [0.2, 0.25) is 0 Å². The molecular weight excluding hydrogens is 310 g/mol. The second kappa shape index (κ2) is 8.78. The van der Waals surface area contributed by atoms with Crippen molar-refractivity contribution in [2.75, 3.05) is 11.9 Å². The SMILES string of the molecule is CCCOc1cccc(CNc2ccc(Oc3ccccc3)cc2)c1. The fourth-order valence-corrected chi connectivity index (χ4v) is 2.43. The second-order valence-electron chi connectivity index (χ2n) is 5.79. The van der Waals surface area contributed by atoms with Gasteiger partial charge in [0.25, 0.3) is 0 Å². The minimum absolute atomic E-state index is 0.750. The van der Waals surface area contributed by atoms with Crippen LogP contribution in [0.15, 0.2) is 78.9 Å². The average molecular weight is 333 g/mol. The number of rotatable bonds is 8. The smallest absolute Gasteiger partial charge is 0.127 e. The van der Waals surface area contributed by atoms with Crippen molar-refractivity contribution in [1.82, 2.24) is 0 Å². The van der Waals surface area contributed by atoms with Crippen molar-refractivity contribution in [3.63, 3.8) is 0 Å². The Morgan fingerprint density at radius 1 is 0.760 bits per heavy atom. The summed E-state index contributed by atoms with van der Waals surface area (Å²) < 4.78 is 11.5. The van der Waals surface area contributed by atoms with Crippen LogP contribution in [0.25, 0.3) is 0 Å². The van der Waals surface area contributed by atoms with E-state index >= 15 is 0 Å². The van der Waals surface area contributed by atoms with Gasteiger partial charge in [0.1, 0.15) is 17.2 Å². The van der Waals surface area contributed by atoms with Crippen LogP contribution in [0, 0.1) is 0 Å². The summed E-state index contributed by atoms with van der Waals surface area (Å²) in [6.07, 6.45) is 1.01. The first-order valence-electron chi connectivity index (χ1n) is 8.62. The molecule has 1 N–H and O–H groups in total. The van der Waals surface area contributed by atoms with Crippen LogP contribution in [0.4, 0.5) is 5.69 Å². The summed E-state index contributed by atoms with van der Waals surface area (Å²) in [5.74, 6) is 2.59. The van der Waals surface area contributed by atoms with E-state index in [0.29, 0.717) is 0 Å². The topological polar surface area (TPSA) is 30.5 Å². The summed E-state index contributed by atoms with van der Waals surface area (Å²) in [4.78, 5) is 0. The summed E-state index contributed by atoms with van der Waals surface area (Å²) in [5.41, 5.74) is 2.25. The van der Waals surface area contributed by atoms with Crippen LogP contribution in [-0.2, 0) is 6.54 Å². The van der Waals surface area contributed by atoms with E-state index in [9.17, 15) is 0 Å². The van der Waals surface area contributed by atoms with E-state index in [4.69, 9.17) is 9.47 Å². The van der Waals surface area contributed by atoms with E-state index in [0.717, 1.165) is 42.5 Å². The van der Waals surface area contributed by atoms with Crippen molar-refractivity contribution in [2.24, 2.45) is 0 Å². The van der Waals surface area contributed by atoms with Gasteiger partial charge in [0.05, 0.1) is 6.61 Å². The predicted octanol–water partition coefficient (Wildman–Crippen LogP) is 5.88. The van der Waals surface area contributed by atoms with E-state index in [1.165, 1.54) is 5.56 Å². The van der Waals surface area contributed by atoms with Crippen LogP contribution in [0.1, 0.15) is 18.9 Å². The molecule has 3 aromatic carbocycles. The number of hydrogen-bond acceptors (Lipinski definition) is 3. The van der Waals surface area contributed by atoms with Gasteiger partial charge >= 0.3 is 0 Å². The lowest BCUT2D eigenvalue weighted by Crippen LogP contribution is -2.00. The number of anilines is 1. The van der Waals surface area contributed by atoms with Crippen LogP contribution in [-0.4, -0.2) is 6.61 Å². The molecule has 0 fully saturated rings. The zero-order chi connectivity index (χ0) is 17.3. The molecule has 0 radical (unpaired) electrons. The molecule has 25 heavy (non-hydrogen) atoms. The highest BCUT2D eigenvalue weighted by molar-refractivity contribution is 5.48. The number of ether oxygens (including phenoxy) is 2. The van der Waals surface area contributed by atoms with Gasteiger partial charge in [-0.2, -0.15) is 0 Å². The van der Waals surface area contributed by atoms with Gasteiger partial charge in [-0.05, 0) is 60.5 Å². The Labute approximate surface area is 149 Å². The van der Waals surface area contributed by atoms with Gasteiger partial charge in [-0.25, -0.2) is 0 Å². The lowest BCUT2D eigenvalue weighted by Gasteiger charge is -2.10. The van der Waals surface area contributed by atoms with Crippen LogP contribution >= 0.6 is 0 Å². The number of hydrogen-bond donors (Lipinski definition) is 1. The molecule has 0 aliphatic heterocycles. The van der Waals surface area contributed by atoms with Gasteiger partial charge in [-0.1, -0.05) is 37.3 Å². The molecule has 3 heteroatoms. The number of benzene rings is 3. The maximum atomic E-state index is 5.81. The molecule has 3 nitrogen and oxygen atoms in total. The standard InChI is InChI=1S/C22H23NO2/c1-2-15-24-22-10-6-7-18(16-22)17-23-19-11-13-21(14-12-19)25-20-8-4-3-5-9-20/h3-14,16,23H,2,15,17H2,1H3. The molecule has 0 saturated carbocycles. The van der Waals surface area contributed by atoms with Gasteiger partial charge < -0.3 is 14.8 Å². The van der Waals surface area contributed by atoms with Gasteiger partial charge in [-0.3, -0.25) is 0 Å². The van der Waals surface area contributed by atoms with Crippen molar-refractivity contribution in [3.05, 3.63) is 84.4 Å². The van der Waals surface area contributed by atoms with Gasteiger partial charge in [0.2, 0.25) is 0 Å². The number of nitrogens with one attached hydrogen (secondary N) is 1. The summed E-state index contributed by atoms with van der Waals surface area (Å²) in [6.45, 7) is 3.61. The van der Waals surface area contributed by atoms with E-state index in [1.54, 1.807) is 0 Å². The lowest BCUT2D eigenvalue weighted by molar-refractivity contribution is 0.317. The lowest BCUT2D eigenvalue weighted by atomic mass is 10.2. The second-order valence-corrected chi connectivity index (χ2v) is 5.79. The maximum absolute atomic E-state index is 5.81. The van der Waals surface area contributed by atoms with E-state index in [-0.39, 0.29) is 0 Å². The summed E-state index contributed by atoms with van der Waals surface area (Å²) in [7, 11) is 0. The van der Waals surface area contributed by atoms with Crippen molar-refractivity contribution in [1.29, 1.82) is 0 Å². The van der Waals surface area contributed by atoms with Crippen LogP contribution in [0.5, 0.6) is 17.2 Å². The maximum Gasteiger partial charge on any atom is 0.127 e. The van der Waals surface area contributed by atoms with E-state index in [1.807, 2.05) is 66.7 Å². The Bertz CT molecular complexity index is 770. The Morgan fingerprint density at radius 3 is 2.24 bits per heavy atom. The molecule has 0 atom stereocenters. The molecule has 128 valence electrons. The highest BCUT2D eigenvalue weighted by Crippen LogP contribution is 2.23. The third-order valence-corrected chi connectivity index (χ3v) is 3.70. The van der Waals surface area contributed by atoms with Gasteiger partial charge in [0, 0.05) is 12.2 Å². The molecule has 3 aromatic rings. The van der Waals surface area contributed by atoms with Crippen LogP contribution in [0.3, 0.4) is 0 Å². The minimum atomic E-state index is 0.750. The van der Waals surface area contributed by atoms with Crippen molar-refractivity contribution >= 4 is 5.69 Å². The summed E-state index contributed by atoms with van der Waals surface area (Å²) >= 11 is 0. The number of para-hydroxylation sites is 1. The molecule has 0 spiro atoms. The molecule has 0 amide bonds. The predicted molar refractivity (Wildman–Crippen MR) is 103 cm³/mol. The monoisotopic (exact) mass is 333 g/mol. The molecule has 0 unspecified atom stereocenters. The zero-order valence-electron chi connectivity index (χ0n) is 14.4. The van der Waals surface area contributed by atoms with Crippen molar-refractivity contribution in [2.45, 2.75) is 19.9 Å². The molecule has 3 rings (SSSR count). The highest BCUT2D eigenvalue weighted by atomic mass is 16.5. The molecule has 0 aromatic heterocycles. The fourth-order valence-electron chi connectivity index (χ4n) is 2.43. The normalized spacial score (nSPS) is 10.3. The van der Waals surface area contributed by atoms with E-state index < -0.39 is 0 Å². The largest absolute Gasteiger partial charge is 0.494 e. The Hall–Kier alpha value is -2.94. The third kappa shape index (κ3) is 5.28. The first kappa shape index (κ1) is 16.9. The van der Waals surface area contributed by atoms with E-state index in [2.05, 4.69) is 24.4 Å². The quantitative estimate of drug-likeness (QED) is 0.558. The first-order valence-corrected chi connectivity index (χ1v) is 8.62. The summed E-state index contributed by atoms with van der Waals surface area (Å²) in [6, 6.07) is 26.0. The first-order chi connectivity index (χ1) is 12.3. The van der Waals surface area contributed by atoms with Crippen molar-refractivity contribution < 1.29 is 9.47 Å². The molecule has 0 bridgehead atoms. The minimum Gasteiger partial charge on any atom is -0.494 e. The summed E-state index contributed by atoms with van der Waals surface area (Å²) in [5, 5.41) is 3.42. The molecule has 0 heterocycles. The van der Waals surface area contributed by atoms with Crippen LogP contribution < -0.4 is 14.8 Å². The molecular formula is C22H23NO2. The fraction of sp³-hybridized carbons (Fsp3) is 0.182. The molecule has 0 saturated heterocycles. The van der Waals surface area contributed by atoms with Gasteiger partial charge in [-0.15, -0.1) is 0 Å². The zero-order valence-corrected chi connectivity index (χ0v) is 14.4.